The zero-order chi connectivity index (χ0) is 17.5. The second-order valence-corrected chi connectivity index (χ2v) is 7.12. The maximum atomic E-state index is 14.5. The predicted molar refractivity (Wildman–Crippen MR) is 95.6 cm³/mol. The first-order chi connectivity index (χ1) is 11.3. The molecule has 0 N–H and O–H groups in total. The van der Waals surface area contributed by atoms with Gasteiger partial charge in [-0.2, -0.15) is 0 Å². The van der Waals surface area contributed by atoms with Gasteiger partial charge in [-0.15, -0.1) is 0 Å². The van der Waals surface area contributed by atoms with Crippen LogP contribution in [0.25, 0.3) is 0 Å². The lowest BCUT2D eigenvalue weighted by molar-refractivity contribution is 0.394. The molecule has 2 aromatic carbocycles. The molecule has 0 aliphatic carbocycles. The molecule has 0 saturated heterocycles. The summed E-state index contributed by atoms with van der Waals surface area (Å²) in [4.78, 5) is 6.23. The first-order valence-corrected chi connectivity index (χ1v) is 8.15. The Labute approximate surface area is 141 Å². The van der Waals surface area contributed by atoms with E-state index in [4.69, 9.17) is 0 Å². The van der Waals surface area contributed by atoms with Gasteiger partial charge in [-0.25, -0.2) is 8.78 Å². The Morgan fingerprint density at radius 3 is 2.58 bits per heavy atom. The monoisotopic (exact) mass is 328 g/mol. The number of halogens is 2. The molecule has 2 aromatic rings. The average molecular weight is 328 g/mol. The second-order valence-electron chi connectivity index (χ2n) is 7.12. The van der Waals surface area contributed by atoms with Crippen LogP contribution >= 0.6 is 0 Å². The fraction of sp³-hybridized carbons (Fsp3) is 0.350. The van der Waals surface area contributed by atoms with Crippen molar-refractivity contribution in [2.75, 3.05) is 11.9 Å². The van der Waals surface area contributed by atoms with Crippen molar-refractivity contribution in [1.29, 1.82) is 0 Å². The third kappa shape index (κ3) is 2.93. The molecule has 1 aliphatic rings. The minimum Gasteiger partial charge on any atom is -0.369 e. The van der Waals surface area contributed by atoms with E-state index in [-0.39, 0.29) is 17.0 Å². The SMILES string of the molecule is CC1CC(C)(C)N(C)c2cc(F)c(C=Nc3ccccc3F)cc21. The normalized spacial score (nSPS) is 19.6. The van der Waals surface area contributed by atoms with Crippen LogP contribution in [0.15, 0.2) is 41.4 Å². The van der Waals surface area contributed by atoms with Gasteiger partial charge in [0.1, 0.15) is 11.6 Å². The summed E-state index contributed by atoms with van der Waals surface area (Å²) >= 11 is 0. The molecule has 1 atom stereocenters. The van der Waals surface area contributed by atoms with Gasteiger partial charge in [0.05, 0.1) is 5.69 Å². The van der Waals surface area contributed by atoms with Crippen molar-refractivity contribution >= 4 is 17.6 Å². The van der Waals surface area contributed by atoms with Crippen LogP contribution in [0.5, 0.6) is 0 Å². The van der Waals surface area contributed by atoms with Crippen molar-refractivity contribution in [2.24, 2.45) is 4.99 Å². The summed E-state index contributed by atoms with van der Waals surface area (Å²) in [6.45, 7) is 6.49. The summed E-state index contributed by atoms with van der Waals surface area (Å²) in [5, 5.41) is 0. The minimum absolute atomic E-state index is 0.0123. The zero-order valence-corrected chi connectivity index (χ0v) is 14.5. The van der Waals surface area contributed by atoms with Gasteiger partial charge >= 0.3 is 0 Å². The van der Waals surface area contributed by atoms with Crippen molar-refractivity contribution in [1.82, 2.24) is 0 Å². The number of para-hydroxylation sites is 1. The van der Waals surface area contributed by atoms with Gasteiger partial charge in [0.15, 0.2) is 0 Å². The van der Waals surface area contributed by atoms with Crippen LogP contribution in [0.4, 0.5) is 20.2 Å². The lowest BCUT2D eigenvalue weighted by Gasteiger charge is -2.45. The fourth-order valence-electron chi connectivity index (χ4n) is 3.40. The maximum absolute atomic E-state index is 14.5. The number of hydrogen-bond acceptors (Lipinski definition) is 2. The summed E-state index contributed by atoms with van der Waals surface area (Å²) in [5.41, 5.74) is 2.60. The Kier molecular flexibility index (Phi) is 4.16. The van der Waals surface area contributed by atoms with Crippen molar-refractivity contribution in [3.63, 3.8) is 0 Å². The van der Waals surface area contributed by atoms with Crippen molar-refractivity contribution < 1.29 is 8.78 Å². The van der Waals surface area contributed by atoms with Gasteiger partial charge in [0.25, 0.3) is 0 Å². The first kappa shape index (κ1) is 16.6. The molecule has 0 amide bonds. The minimum atomic E-state index is -0.415. The first-order valence-electron chi connectivity index (χ1n) is 8.15. The van der Waals surface area contributed by atoms with E-state index in [9.17, 15) is 8.78 Å². The number of anilines is 1. The molecule has 0 radical (unpaired) electrons. The van der Waals surface area contributed by atoms with Crippen LogP contribution in [-0.4, -0.2) is 18.8 Å². The van der Waals surface area contributed by atoms with E-state index >= 15 is 0 Å². The molecule has 2 nitrogen and oxygen atoms in total. The summed E-state index contributed by atoms with van der Waals surface area (Å²) in [6.07, 6.45) is 2.40. The van der Waals surface area contributed by atoms with E-state index in [1.54, 1.807) is 24.3 Å². The Hall–Kier alpha value is -2.23. The molecule has 4 heteroatoms. The van der Waals surface area contributed by atoms with Crippen LogP contribution in [-0.2, 0) is 0 Å². The second kappa shape index (κ2) is 6.00. The molecule has 24 heavy (non-hydrogen) atoms. The highest BCUT2D eigenvalue weighted by Crippen LogP contribution is 2.43. The molecule has 1 heterocycles. The molecule has 1 aliphatic heterocycles. The molecule has 0 aromatic heterocycles. The number of nitrogens with zero attached hydrogens (tertiary/aromatic N) is 2. The van der Waals surface area contributed by atoms with Crippen LogP contribution in [0, 0.1) is 11.6 Å². The highest BCUT2D eigenvalue weighted by Gasteiger charge is 2.34. The highest BCUT2D eigenvalue weighted by atomic mass is 19.1. The third-order valence-electron chi connectivity index (χ3n) is 4.95. The van der Waals surface area contributed by atoms with Crippen molar-refractivity contribution in [3.05, 3.63) is 59.2 Å². The van der Waals surface area contributed by atoms with E-state index in [1.165, 1.54) is 12.3 Å². The van der Waals surface area contributed by atoms with Gasteiger partial charge in [-0.1, -0.05) is 19.1 Å². The Morgan fingerprint density at radius 1 is 1.17 bits per heavy atom. The fourth-order valence-corrected chi connectivity index (χ4v) is 3.40. The average Bonchev–Trinajstić information content (AvgIpc) is 2.52. The van der Waals surface area contributed by atoms with Crippen LogP contribution in [0.1, 0.15) is 44.2 Å². The number of rotatable bonds is 2. The Balaban J connectivity index is 2.01. The van der Waals surface area contributed by atoms with E-state index in [0.717, 1.165) is 17.7 Å². The molecule has 0 bridgehead atoms. The number of benzene rings is 2. The summed E-state index contributed by atoms with van der Waals surface area (Å²) in [7, 11) is 2.00. The summed E-state index contributed by atoms with van der Waals surface area (Å²) in [5.74, 6) is -0.431. The molecule has 0 fully saturated rings. The molecule has 0 saturated carbocycles. The van der Waals surface area contributed by atoms with Gasteiger partial charge in [0.2, 0.25) is 0 Å². The molecular weight excluding hydrogens is 306 g/mol. The molecule has 1 unspecified atom stereocenters. The standard InChI is InChI=1S/C20H22F2N2/c1-13-11-20(2,3)24(4)19-10-17(22)14(9-15(13)19)12-23-18-8-6-5-7-16(18)21/h5-10,12-13H,11H2,1-4H3. The van der Waals surface area contributed by atoms with Crippen molar-refractivity contribution in [3.8, 4) is 0 Å². The lowest BCUT2D eigenvalue weighted by Crippen LogP contribution is -2.45. The van der Waals surface area contributed by atoms with Gasteiger partial charge in [-0.05, 0) is 56.0 Å². The summed E-state index contributed by atoms with van der Waals surface area (Å²) in [6, 6.07) is 9.63. The molecule has 0 spiro atoms. The predicted octanol–water partition coefficient (Wildman–Crippen LogP) is 5.44. The highest BCUT2D eigenvalue weighted by molar-refractivity contribution is 5.84. The maximum Gasteiger partial charge on any atom is 0.148 e. The van der Waals surface area contributed by atoms with Gasteiger partial charge in [-0.3, -0.25) is 4.99 Å². The zero-order valence-electron chi connectivity index (χ0n) is 14.5. The number of hydrogen-bond donors (Lipinski definition) is 0. The van der Waals surface area contributed by atoms with Crippen LogP contribution in [0.2, 0.25) is 0 Å². The van der Waals surface area contributed by atoms with E-state index in [2.05, 4.69) is 30.7 Å². The number of fused-ring (bicyclic) bond motifs is 1. The van der Waals surface area contributed by atoms with E-state index in [0.29, 0.717) is 11.5 Å². The van der Waals surface area contributed by atoms with Crippen LogP contribution in [0.3, 0.4) is 0 Å². The van der Waals surface area contributed by atoms with Gasteiger partial charge < -0.3 is 4.90 Å². The lowest BCUT2D eigenvalue weighted by atomic mass is 9.80. The topological polar surface area (TPSA) is 15.6 Å². The number of aliphatic imine (C=N–C) groups is 1. The largest absolute Gasteiger partial charge is 0.369 e. The Bertz CT molecular complexity index is 796. The van der Waals surface area contributed by atoms with E-state index in [1.807, 2.05) is 13.1 Å². The third-order valence-corrected chi connectivity index (χ3v) is 4.95. The van der Waals surface area contributed by atoms with Gasteiger partial charge in [0, 0.05) is 30.1 Å². The quantitative estimate of drug-likeness (QED) is 0.671. The Morgan fingerprint density at radius 2 is 1.88 bits per heavy atom. The molecule has 3 rings (SSSR count). The van der Waals surface area contributed by atoms with Crippen LogP contribution < -0.4 is 4.90 Å². The molecule has 126 valence electrons. The summed E-state index contributed by atoms with van der Waals surface area (Å²) < 4.78 is 28.2. The van der Waals surface area contributed by atoms with E-state index < -0.39 is 5.82 Å². The molecular formula is C20H22F2N2. The smallest absolute Gasteiger partial charge is 0.148 e. The van der Waals surface area contributed by atoms with Crippen molar-refractivity contribution in [2.45, 2.75) is 38.6 Å².